The average Bonchev–Trinajstić information content (AvgIpc) is 2.98. The Morgan fingerprint density at radius 3 is 2.50 bits per heavy atom. The Balaban J connectivity index is 1.68. The molecule has 1 amide bonds. The highest BCUT2D eigenvalue weighted by molar-refractivity contribution is 8.00. The van der Waals surface area contributed by atoms with Crippen LogP contribution in [-0.4, -0.2) is 35.1 Å². The molecule has 6 nitrogen and oxygen atoms in total. The van der Waals surface area contributed by atoms with Gasteiger partial charge in [0.15, 0.2) is 0 Å². The van der Waals surface area contributed by atoms with Gasteiger partial charge in [0.05, 0.1) is 23.8 Å². The normalized spacial score (nSPS) is 17.0. The SMILES string of the molecule is COc1ccc(C2CCCCCN2C(=O)CSc2ccc([N+](=O)[O-])cc2)cc1. The topological polar surface area (TPSA) is 72.7 Å². The number of nitro benzene ring substituents is 1. The highest BCUT2D eigenvalue weighted by atomic mass is 32.2. The van der Waals surface area contributed by atoms with Gasteiger partial charge in [0.1, 0.15) is 5.75 Å². The molecule has 2 aromatic carbocycles. The molecule has 28 heavy (non-hydrogen) atoms. The highest BCUT2D eigenvalue weighted by Crippen LogP contribution is 2.32. The third kappa shape index (κ3) is 5.04. The van der Waals surface area contributed by atoms with Gasteiger partial charge in [-0.3, -0.25) is 14.9 Å². The molecule has 0 saturated carbocycles. The molecule has 0 aromatic heterocycles. The Kier molecular flexibility index (Phi) is 6.92. The van der Waals surface area contributed by atoms with Gasteiger partial charge < -0.3 is 9.64 Å². The largest absolute Gasteiger partial charge is 0.497 e. The summed E-state index contributed by atoms with van der Waals surface area (Å²) in [7, 11) is 1.64. The van der Waals surface area contributed by atoms with Crippen molar-refractivity contribution in [1.29, 1.82) is 0 Å². The lowest BCUT2D eigenvalue weighted by Crippen LogP contribution is -2.36. The van der Waals surface area contributed by atoms with Crippen LogP contribution in [0.5, 0.6) is 5.75 Å². The third-order valence-corrected chi connectivity index (χ3v) is 5.98. The van der Waals surface area contributed by atoms with Crippen molar-refractivity contribution >= 4 is 23.4 Å². The van der Waals surface area contributed by atoms with E-state index in [9.17, 15) is 14.9 Å². The number of thioether (sulfide) groups is 1. The summed E-state index contributed by atoms with van der Waals surface area (Å²) in [5, 5.41) is 10.8. The lowest BCUT2D eigenvalue weighted by molar-refractivity contribution is -0.384. The zero-order valence-corrected chi connectivity index (χ0v) is 16.7. The quantitative estimate of drug-likeness (QED) is 0.394. The van der Waals surface area contributed by atoms with E-state index in [0.717, 1.165) is 48.4 Å². The maximum absolute atomic E-state index is 13.0. The van der Waals surface area contributed by atoms with Gasteiger partial charge in [-0.2, -0.15) is 0 Å². The van der Waals surface area contributed by atoms with Gasteiger partial charge in [-0.15, -0.1) is 11.8 Å². The van der Waals surface area contributed by atoms with Crippen molar-refractivity contribution in [3.8, 4) is 5.75 Å². The van der Waals surface area contributed by atoms with Gasteiger partial charge in [-0.1, -0.05) is 25.0 Å². The Morgan fingerprint density at radius 1 is 1.14 bits per heavy atom. The first-order chi connectivity index (χ1) is 13.6. The zero-order chi connectivity index (χ0) is 19.9. The summed E-state index contributed by atoms with van der Waals surface area (Å²) in [6, 6.07) is 14.4. The fourth-order valence-electron chi connectivity index (χ4n) is 3.47. The zero-order valence-electron chi connectivity index (χ0n) is 15.9. The van der Waals surface area contributed by atoms with Crippen molar-refractivity contribution in [3.63, 3.8) is 0 Å². The molecule has 1 saturated heterocycles. The number of methoxy groups -OCH3 is 1. The molecule has 1 atom stereocenters. The van der Waals surface area contributed by atoms with Crippen molar-refractivity contribution in [2.45, 2.75) is 36.6 Å². The number of rotatable bonds is 6. The highest BCUT2D eigenvalue weighted by Gasteiger charge is 2.26. The van der Waals surface area contributed by atoms with Crippen LogP contribution in [0.3, 0.4) is 0 Å². The summed E-state index contributed by atoms with van der Waals surface area (Å²) < 4.78 is 5.24. The molecule has 2 aromatic rings. The standard InChI is InChI=1S/C21H24N2O4S/c1-27-18-10-6-16(7-11-18)20-5-3-2-4-14-22(20)21(24)15-28-19-12-8-17(9-13-19)23(25)26/h6-13,20H,2-5,14-15H2,1H3. The molecule has 148 valence electrons. The summed E-state index contributed by atoms with van der Waals surface area (Å²) in [6.45, 7) is 0.760. The Labute approximate surface area is 169 Å². The van der Waals surface area contributed by atoms with Gasteiger partial charge >= 0.3 is 0 Å². The van der Waals surface area contributed by atoms with Crippen molar-refractivity contribution in [2.24, 2.45) is 0 Å². The number of amides is 1. The van der Waals surface area contributed by atoms with Crippen LogP contribution in [0.25, 0.3) is 0 Å². The van der Waals surface area contributed by atoms with Crippen molar-refractivity contribution in [1.82, 2.24) is 4.90 Å². The molecule has 1 fully saturated rings. The van der Waals surface area contributed by atoms with Crippen LogP contribution in [-0.2, 0) is 4.79 Å². The predicted octanol–water partition coefficient (Wildman–Crippen LogP) is 4.84. The Morgan fingerprint density at radius 2 is 1.86 bits per heavy atom. The van der Waals surface area contributed by atoms with E-state index in [4.69, 9.17) is 4.74 Å². The number of likely N-dealkylation sites (tertiary alicyclic amines) is 1. The van der Waals surface area contributed by atoms with Gasteiger partial charge in [0.2, 0.25) is 5.91 Å². The van der Waals surface area contributed by atoms with Crippen molar-refractivity contribution < 1.29 is 14.5 Å². The van der Waals surface area contributed by atoms with E-state index in [1.165, 1.54) is 23.9 Å². The summed E-state index contributed by atoms with van der Waals surface area (Å²) in [6.07, 6.45) is 4.21. The van der Waals surface area contributed by atoms with Crippen LogP contribution in [0.4, 0.5) is 5.69 Å². The first-order valence-electron chi connectivity index (χ1n) is 9.39. The fourth-order valence-corrected chi connectivity index (χ4v) is 4.26. The second-order valence-electron chi connectivity index (χ2n) is 6.77. The first kappa shape index (κ1) is 20.2. The lowest BCUT2D eigenvalue weighted by atomic mass is 10.0. The smallest absolute Gasteiger partial charge is 0.269 e. The molecule has 7 heteroatoms. The van der Waals surface area contributed by atoms with E-state index in [-0.39, 0.29) is 17.6 Å². The number of nitrogens with zero attached hydrogens (tertiary/aromatic N) is 2. The minimum atomic E-state index is -0.420. The molecule has 1 heterocycles. The predicted molar refractivity (Wildman–Crippen MR) is 110 cm³/mol. The van der Waals surface area contributed by atoms with Gasteiger partial charge in [-0.05, 0) is 42.7 Å². The number of nitro groups is 1. The molecule has 0 aliphatic carbocycles. The summed E-state index contributed by atoms with van der Waals surface area (Å²) in [4.78, 5) is 26.2. The minimum Gasteiger partial charge on any atom is -0.497 e. The Bertz CT molecular complexity index is 808. The fraction of sp³-hybridized carbons (Fsp3) is 0.381. The van der Waals surface area contributed by atoms with E-state index in [1.807, 2.05) is 29.2 Å². The number of hydrogen-bond donors (Lipinski definition) is 0. The van der Waals surface area contributed by atoms with E-state index in [2.05, 4.69) is 0 Å². The van der Waals surface area contributed by atoms with E-state index in [0.29, 0.717) is 5.75 Å². The minimum absolute atomic E-state index is 0.0581. The van der Waals surface area contributed by atoms with Gasteiger partial charge in [-0.25, -0.2) is 0 Å². The van der Waals surface area contributed by atoms with Crippen LogP contribution in [0.2, 0.25) is 0 Å². The van der Waals surface area contributed by atoms with E-state index < -0.39 is 4.92 Å². The third-order valence-electron chi connectivity index (χ3n) is 4.98. The van der Waals surface area contributed by atoms with Crippen LogP contribution in [0, 0.1) is 10.1 Å². The van der Waals surface area contributed by atoms with Gasteiger partial charge in [0.25, 0.3) is 5.69 Å². The molecule has 0 bridgehead atoms. The number of ether oxygens (including phenoxy) is 1. The second kappa shape index (κ2) is 9.59. The average molecular weight is 401 g/mol. The molecule has 0 radical (unpaired) electrons. The molecular formula is C21H24N2O4S. The summed E-state index contributed by atoms with van der Waals surface area (Å²) >= 11 is 1.42. The van der Waals surface area contributed by atoms with Crippen LogP contribution in [0.15, 0.2) is 53.4 Å². The van der Waals surface area contributed by atoms with Crippen LogP contribution in [0.1, 0.15) is 37.3 Å². The van der Waals surface area contributed by atoms with E-state index >= 15 is 0 Å². The van der Waals surface area contributed by atoms with Crippen LogP contribution < -0.4 is 4.74 Å². The Hall–Kier alpha value is -2.54. The van der Waals surface area contributed by atoms with Crippen molar-refractivity contribution in [3.05, 3.63) is 64.2 Å². The number of hydrogen-bond acceptors (Lipinski definition) is 5. The first-order valence-corrected chi connectivity index (χ1v) is 10.4. The molecule has 0 spiro atoms. The van der Waals surface area contributed by atoms with Crippen LogP contribution >= 0.6 is 11.8 Å². The number of carbonyl (C=O) groups is 1. The molecular weight excluding hydrogens is 376 g/mol. The van der Waals surface area contributed by atoms with E-state index in [1.54, 1.807) is 19.2 Å². The molecule has 1 aliphatic heterocycles. The maximum atomic E-state index is 13.0. The lowest BCUT2D eigenvalue weighted by Gasteiger charge is -2.30. The molecule has 0 N–H and O–H groups in total. The molecule has 1 aliphatic rings. The molecule has 1 unspecified atom stereocenters. The number of benzene rings is 2. The summed E-state index contributed by atoms with van der Waals surface area (Å²) in [5.74, 6) is 1.24. The molecule has 3 rings (SSSR count). The maximum Gasteiger partial charge on any atom is 0.269 e. The van der Waals surface area contributed by atoms with Gasteiger partial charge in [0, 0.05) is 23.6 Å². The number of non-ortho nitro benzene ring substituents is 1. The summed E-state index contributed by atoms with van der Waals surface area (Å²) in [5.41, 5.74) is 1.19. The second-order valence-corrected chi connectivity index (χ2v) is 7.81. The monoisotopic (exact) mass is 400 g/mol. The van der Waals surface area contributed by atoms with Crippen molar-refractivity contribution in [2.75, 3.05) is 19.4 Å². The number of carbonyl (C=O) groups excluding carboxylic acids is 1.